The second-order valence-corrected chi connectivity index (χ2v) is 4.37. The molecule has 84 valence electrons. The molecule has 0 amide bonds. The summed E-state index contributed by atoms with van der Waals surface area (Å²) in [7, 11) is 0. The predicted molar refractivity (Wildman–Crippen MR) is 62.3 cm³/mol. The van der Waals surface area contributed by atoms with Crippen molar-refractivity contribution in [2.45, 2.75) is 18.9 Å². The largest absolute Gasteiger partial charge is 0.461 e. The Morgan fingerprint density at radius 2 is 2.19 bits per heavy atom. The van der Waals surface area contributed by atoms with Gasteiger partial charge in [-0.25, -0.2) is 0 Å². The molecule has 1 heterocycles. The van der Waals surface area contributed by atoms with Gasteiger partial charge in [0.15, 0.2) is 0 Å². The summed E-state index contributed by atoms with van der Waals surface area (Å²) in [5.41, 5.74) is 7.54. The predicted octanol–water partition coefficient (Wildman–Crippen LogP) is 1.68. The molecule has 1 aliphatic carbocycles. The van der Waals surface area contributed by atoms with Crippen molar-refractivity contribution < 1.29 is 4.74 Å². The maximum Gasteiger partial charge on any atom is 0.294 e. The molecule has 0 saturated heterocycles. The van der Waals surface area contributed by atoms with Crippen LogP contribution in [0.5, 0.6) is 6.01 Å². The number of imidazole rings is 1. The van der Waals surface area contributed by atoms with Crippen LogP contribution in [0.25, 0.3) is 11.0 Å². The number of hydrogen-bond donors (Lipinski definition) is 2. The van der Waals surface area contributed by atoms with Gasteiger partial charge in [0, 0.05) is 0 Å². The van der Waals surface area contributed by atoms with Crippen molar-refractivity contribution in [3.05, 3.63) is 24.3 Å². The lowest BCUT2D eigenvalue weighted by molar-refractivity contribution is 0.0615. The van der Waals surface area contributed by atoms with E-state index in [1.54, 1.807) is 0 Å². The van der Waals surface area contributed by atoms with Crippen LogP contribution in [0.1, 0.15) is 12.8 Å². The third-order valence-electron chi connectivity index (χ3n) is 3.17. The van der Waals surface area contributed by atoms with E-state index in [4.69, 9.17) is 10.5 Å². The zero-order valence-electron chi connectivity index (χ0n) is 9.02. The number of aromatic amines is 1. The summed E-state index contributed by atoms with van der Waals surface area (Å²) in [4.78, 5) is 7.54. The van der Waals surface area contributed by atoms with E-state index in [2.05, 4.69) is 9.97 Å². The normalized spacial score (nSPS) is 24.3. The molecule has 0 atom stereocenters. The van der Waals surface area contributed by atoms with Gasteiger partial charge in [-0.3, -0.25) is 0 Å². The summed E-state index contributed by atoms with van der Waals surface area (Å²) < 4.78 is 5.75. The molecule has 3 N–H and O–H groups in total. The first-order chi connectivity index (χ1) is 7.85. The first kappa shape index (κ1) is 9.66. The van der Waals surface area contributed by atoms with Crippen molar-refractivity contribution in [1.29, 1.82) is 0 Å². The Morgan fingerprint density at radius 3 is 2.94 bits per heavy atom. The van der Waals surface area contributed by atoms with Crippen molar-refractivity contribution in [3.63, 3.8) is 0 Å². The van der Waals surface area contributed by atoms with E-state index >= 15 is 0 Å². The number of aromatic nitrogens is 2. The maximum atomic E-state index is 5.75. The van der Waals surface area contributed by atoms with E-state index in [9.17, 15) is 0 Å². The number of hydrogen-bond acceptors (Lipinski definition) is 3. The first-order valence-electron chi connectivity index (χ1n) is 5.66. The Hall–Kier alpha value is -1.55. The van der Waals surface area contributed by atoms with E-state index in [-0.39, 0.29) is 6.10 Å². The highest BCUT2D eigenvalue weighted by atomic mass is 16.5. The van der Waals surface area contributed by atoms with Crippen molar-refractivity contribution in [2.75, 3.05) is 6.54 Å². The van der Waals surface area contributed by atoms with Crippen LogP contribution in [-0.2, 0) is 0 Å². The molecular formula is C12H15N3O. The molecule has 0 spiro atoms. The molecule has 1 saturated carbocycles. The van der Waals surface area contributed by atoms with Gasteiger partial charge < -0.3 is 15.5 Å². The zero-order valence-corrected chi connectivity index (χ0v) is 9.02. The average Bonchev–Trinajstić information content (AvgIpc) is 2.65. The minimum atomic E-state index is 0.286. The molecule has 1 aromatic carbocycles. The van der Waals surface area contributed by atoms with Gasteiger partial charge in [-0.15, -0.1) is 0 Å². The number of para-hydroxylation sites is 2. The molecular weight excluding hydrogens is 202 g/mol. The smallest absolute Gasteiger partial charge is 0.294 e. The van der Waals surface area contributed by atoms with Gasteiger partial charge in [0.2, 0.25) is 0 Å². The number of nitrogens with one attached hydrogen (secondary N) is 1. The van der Waals surface area contributed by atoms with Crippen LogP contribution < -0.4 is 10.5 Å². The zero-order chi connectivity index (χ0) is 11.0. The topological polar surface area (TPSA) is 63.9 Å². The van der Waals surface area contributed by atoms with Crippen molar-refractivity contribution in [3.8, 4) is 6.01 Å². The Balaban J connectivity index is 1.71. The van der Waals surface area contributed by atoms with Gasteiger partial charge in [-0.1, -0.05) is 12.1 Å². The molecule has 1 fully saturated rings. The van der Waals surface area contributed by atoms with Gasteiger partial charge in [0.25, 0.3) is 6.01 Å². The van der Waals surface area contributed by atoms with Gasteiger partial charge in [0.05, 0.1) is 11.0 Å². The third-order valence-corrected chi connectivity index (χ3v) is 3.17. The highest BCUT2D eigenvalue weighted by Gasteiger charge is 2.30. The Kier molecular flexibility index (Phi) is 2.29. The highest BCUT2D eigenvalue weighted by Crippen LogP contribution is 2.30. The van der Waals surface area contributed by atoms with Crippen LogP contribution in [-0.4, -0.2) is 22.6 Å². The lowest BCUT2D eigenvalue weighted by atomic mass is 9.82. The fourth-order valence-corrected chi connectivity index (χ4v) is 2.11. The third kappa shape index (κ3) is 1.65. The number of H-pyrrole nitrogens is 1. The standard InChI is InChI=1S/C12H15N3O/c13-7-8-5-9(6-8)16-12-14-10-3-1-2-4-11(10)15-12/h1-4,8-9H,5-7,13H2,(H,14,15). The molecule has 0 bridgehead atoms. The second kappa shape index (κ2) is 3.79. The summed E-state index contributed by atoms with van der Waals surface area (Å²) in [6, 6.07) is 8.56. The number of ether oxygens (including phenoxy) is 1. The lowest BCUT2D eigenvalue weighted by Crippen LogP contribution is -2.37. The quantitative estimate of drug-likeness (QED) is 0.822. The van der Waals surface area contributed by atoms with Crippen LogP contribution in [0.15, 0.2) is 24.3 Å². The monoisotopic (exact) mass is 217 g/mol. The van der Waals surface area contributed by atoms with Crippen molar-refractivity contribution in [2.24, 2.45) is 11.7 Å². The Bertz CT molecular complexity index is 455. The number of nitrogens with zero attached hydrogens (tertiary/aromatic N) is 1. The Morgan fingerprint density at radius 1 is 1.38 bits per heavy atom. The van der Waals surface area contributed by atoms with Gasteiger partial charge in [0.1, 0.15) is 6.10 Å². The molecule has 1 aliphatic rings. The van der Waals surface area contributed by atoms with Crippen molar-refractivity contribution >= 4 is 11.0 Å². The SMILES string of the molecule is NCC1CC(Oc2nc3ccccc3[nH]2)C1. The molecule has 0 aliphatic heterocycles. The van der Waals surface area contributed by atoms with Crippen LogP contribution >= 0.6 is 0 Å². The summed E-state index contributed by atoms with van der Waals surface area (Å²) in [6.45, 7) is 0.764. The summed E-state index contributed by atoms with van der Waals surface area (Å²) in [5, 5.41) is 0. The molecule has 0 unspecified atom stereocenters. The van der Waals surface area contributed by atoms with E-state index in [0.29, 0.717) is 11.9 Å². The Labute approximate surface area is 93.8 Å². The van der Waals surface area contributed by atoms with Gasteiger partial charge in [-0.2, -0.15) is 4.98 Å². The first-order valence-corrected chi connectivity index (χ1v) is 5.66. The minimum Gasteiger partial charge on any atom is -0.461 e. The summed E-state index contributed by atoms with van der Waals surface area (Å²) in [5.74, 6) is 0.634. The maximum absolute atomic E-state index is 5.75. The van der Waals surface area contributed by atoms with E-state index in [1.807, 2.05) is 24.3 Å². The van der Waals surface area contributed by atoms with Crippen LogP contribution in [0, 0.1) is 5.92 Å². The van der Waals surface area contributed by atoms with E-state index < -0.39 is 0 Å². The molecule has 2 aromatic rings. The number of rotatable bonds is 3. The van der Waals surface area contributed by atoms with E-state index in [1.165, 1.54) is 0 Å². The molecule has 16 heavy (non-hydrogen) atoms. The molecule has 4 nitrogen and oxygen atoms in total. The van der Waals surface area contributed by atoms with Gasteiger partial charge >= 0.3 is 0 Å². The van der Waals surface area contributed by atoms with Crippen LogP contribution in [0.2, 0.25) is 0 Å². The average molecular weight is 217 g/mol. The lowest BCUT2D eigenvalue weighted by Gasteiger charge is -2.33. The molecule has 0 radical (unpaired) electrons. The highest BCUT2D eigenvalue weighted by molar-refractivity contribution is 5.75. The van der Waals surface area contributed by atoms with Crippen LogP contribution in [0.3, 0.4) is 0 Å². The number of nitrogens with two attached hydrogens (primary N) is 1. The fraction of sp³-hybridized carbons (Fsp3) is 0.417. The number of fused-ring (bicyclic) bond motifs is 1. The molecule has 4 heteroatoms. The van der Waals surface area contributed by atoms with Crippen LogP contribution in [0.4, 0.5) is 0 Å². The fourth-order valence-electron chi connectivity index (χ4n) is 2.11. The van der Waals surface area contributed by atoms with Gasteiger partial charge in [-0.05, 0) is 37.4 Å². The molecule has 1 aromatic heterocycles. The number of benzene rings is 1. The van der Waals surface area contributed by atoms with E-state index in [0.717, 1.165) is 30.4 Å². The van der Waals surface area contributed by atoms with Crippen molar-refractivity contribution in [1.82, 2.24) is 9.97 Å². The minimum absolute atomic E-state index is 0.286. The summed E-state index contributed by atoms with van der Waals surface area (Å²) >= 11 is 0. The molecule has 3 rings (SSSR count). The second-order valence-electron chi connectivity index (χ2n) is 4.37. The summed E-state index contributed by atoms with van der Waals surface area (Å²) in [6.07, 6.45) is 2.38.